The lowest BCUT2D eigenvalue weighted by molar-refractivity contribution is -0.302. The molecule has 17 heteroatoms. The first-order chi connectivity index (χ1) is 32.3. The van der Waals surface area contributed by atoms with E-state index in [-0.39, 0.29) is 37.2 Å². The van der Waals surface area contributed by atoms with Crippen molar-refractivity contribution >= 4 is 35.2 Å². The maximum atomic E-state index is 15.1. The van der Waals surface area contributed by atoms with E-state index >= 15 is 4.79 Å². The number of carbonyl (C=O) groups excluding carboxylic acids is 4. The van der Waals surface area contributed by atoms with Crippen LogP contribution in [0.2, 0.25) is 0 Å². The number of aromatic nitrogens is 3. The quantitative estimate of drug-likeness (QED) is 0.0663. The predicted molar refractivity (Wildman–Crippen MR) is 256 cm³/mol. The van der Waals surface area contributed by atoms with Crippen molar-refractivity contribution < 1.29 is 52.7 Å². The van der Waals surface area contributed by atoms with Gasteiger partial charge in [0, 0.05) is 62.9 Å². The Labute approximate surface area is 405 Å². The topological polar surface area (TPSA) is 181 Å². The van der Waals surface area contributed by atoms with Gasteiger partial charge in [0.25, 0.3) is 0 Å². The van der Waals surface area contributed by atoms with Crippen LogP contribution in [-0.2, 0) is 55.8 Å². The van der Waals surface area contributed by atoms with Crippen LogP contribution in [0.1, 0.15) is 93.2 Å². The fraction of sp³-hybridized carbons (Fsp3) is 0.647. The molecule has 14 atom stereocenters. The monoisotopic (exact) mass is 964 g/mol. The second-order valence-corrected chi connectivity index (χ2v) is 20.5. The lowest BCUT2D eigenvalue weighted by Crippen LogP contribution is -2.61. The number of nitrogens with zero attached hydrogens (tertiary/aromatic N) is 5. The maximum Gasteiger partial charge on any atom is 0.410 e. The van der Waals surface area contributed by atoms with E-state index in [0.717, 1.165) is 10.6 Å². The normalized spacial score (nSPS) is 33.9. The number of rotatable bonds is 16. The van der Waals surface area contributed by atoms with E-state index in [1.165, 1.54) is 7.11 Å². The summed E-state index contributed by atoms with van der Waals surface area (Å²) in [6.07, 6.45) is 2.74. The number of aliphatic hydroxyl groups is 1. The number of ether oxygens (including phenoxy) is 6. The molecule has 374 valence electrons. The Kier molecular flexibility index (Phi) is 17.8. The van der Waals surface area contributed by atoms with Crippen molar-refractivity contribution in [2.45, 2.75) is 161 Å². The maximum absolute atomic E-state index is 15.1. The molecule has 0 radical (unpaired) electrons. The van der Waals surface area contributed by atoms with E-state index in [4.69, 9.17) is 28.4 Å². The second kappa shape index (κ2) is 22.9. The summed E-state index contributed by atoms with van der Waals surface area (Å²) in [4.78, 5) is 71.5. The number of pyridine rings is 1. The number of unbranched alkanes of at least 4 members (excludes halogenated alkanes) is 1. The van der Waals surface area contributed by atoms with Gasteiger partial charge in [-0.15, -0.1) is 17.9 Å². The SMILES string of the molecule is C=CCN(C)[C@@H]1C[C@H](C)O[C@H](O[C@@H]2[C@@H](C)[C@H](OC(=O)Cc3ccccn3)[C@@H](C)C(=O)O[C@H](CC)[C@@]3(C)OC(=O)N(CCCCn4cnc(-c5cccs5)c4)[C@@H]3[C@@H](C)C(=O)[C@H](C)C[C@@]2(C)OC)[C@H]1O. The predicted octanol–water partition coefficient (Wildman–Crippen LogP) is 7.13. The van der Waals surface area contributed by atoms with Crippen molar-refractivity contribution in [1.29, 1.82) is 0 Å². The highest BCUT2D eigenvalue weighted by Crippen LogP contribution is 2.44. The summed E-state index contributed by atoms with van der Waals surface area (Å²) < 4.78 is 40.8. The molecule has 6 heterocycles. The number of imidazole rings is 1. The molecule has 3 aliphatic rings. The molecule has 68 heavy (non-hydrogen) atoms. The summed E-state index contributed by atoms with van der Waals surface area (Å²) in [5, 5.41) is 13.9. The zero-order valence-electron chi connectivity index (χ0n) is 41.4. The van der Waals surface area contributed by atoms with Crippen LogP contribution in [0.5, 0.6) is 0 Å². The van der Waals surface area contributed by atoms with Gasteiger partial charge >= 0.3 is 18.0 Å². The molecule has 3 aliphatic heterocycles. The zero-order chi connectivity index (χ0) is 49.5. The van der Waals surface area contributed by atoms with Crippen LogP contribution in [0.4, 0.5) is 4.79 Å². The van der Waals surface area contributed by atoms with Crippen LogP contribution in [0.15, 0.2) is 67.1 Å². The summed E-state index contributed by atoms with van der Waals surface area (Å²) in [5.74, 6) is -4.88. The number of esters is 2. The Morgan fingerprint density at radius 1 is 1.06 bits per heavy atom. The van der Waals surface area contributed by atoms with Crippen molar-refractivity contribution in [2.24, 2.45) is 23.7 Å². The van der Waals surface area contributed by atoms with Crippen molar-refractivity contribution in [3.63, 3.8) is 0 Å². The molecule has 0 saturated carbocycles. The number of amides is 1. The Bertz CT molecular complexity index is 2160. The fourth-order valence-electron chi connectivity index (χ4n) is 10.8. The number of Topliss-reactive ketones (excluding diaryl/α,β-unsaturated/α-hetero) is 1. The van der Waals surface area contributed by atoms with Crippen LogP contribution in [-0.4, -0.2) is 141 Å². The van der Waals surface area contributed by atoms with E-state index in [0.29, 0.717) is 44.6 Å². The third-order valence-corrected chi connectivity index (χ3v) is 15.3. The molecular formula is C51H73N5O11S. The number of likely N-dealkylation sites (N-methyl/N-ethyl adjacent to an activating group) is 1. The van der Waals surface area contributed by atoms with Gasteiger partial charge in [-0.2, -0.15) is 0 Å². The molecular weight excluding hydrogens is 891 g/mol. The van der Waals surface area contributed by atoms with Crippen LogP contribution in [0.3, 0.4) is 0 Å². The lowest BCUT2D eigenvalue weighted by atomic mass is 9.73. The van der Waals surface area contributed by atoms with Crippen LogP contribution in [0, 0.1) is 23.7 Å². The van der Waals surface area contributed by atoms with Gasteiger partial charge in [0.2, 0.25) is 0 Å². The largest absolute Gasteiger partial charge is 0.461 e. The fourth-order valence-corrected chi connectivity index (χ4v) is 11.5. The third kappa shape index (κ3) is 11.7. The summed E-state index contributed by atoms with van der Waals surface area (Å²) in [6.45, 7) is 19.7. The molecule has 0 unspecified atom stereocenters. The molecule has 3 fully saturated rings. The minimum absolute atomic E-state index is 0.112. The molecule has 0 bridgehead atoms. The minimum Gasteiger partial charge on any atom is -0.461 e. The number of methoxy groups -OCH3 is 1. The van der Waals surface area contributed by atoms with Gasteiger partial charge < -0.3 is 43.0 Å². The molecule has 16 nitrogen and oxygen atoms in total. The molecule has 1 amide bonds. The summed E-state index contributed by atoms with van der Waals surface area (Å²) in [7, 11) is 3.42. The Hall–Kier alpha value is -4.52. The highest BCUT2D eigenvalue weighted by Gasteiger charge is 2.60. The van der Waals surface area contributed by atoms with E-state index in [1.54, 1.807) is 73.8 Å². The standard InChI is InChI=1S/C51H73N5O11S/c1-12-22-54(10)38-26-32(4)63-48(43(38)59)66-46-34(6)44(65-41(57)27-36-19-14-15-21-52-36)35(7)47(60)64-40(13-2)51(9)45(33(5)42(58)31(3)28-50(46,8)62-11)56(49(61)67-51)24-17-16-23-55-29-37(53-30-55)39-20-18-25-68-39/h12,14-15,18-21,25,29-35,38,40,43-46,48,59H,1,13,16-17,22-24,26-28H2,2-11H3/t31-,32+,33+,34+,35-,38-,40-,43+,44+,45-,46-,48-,50-,51-/m1/s1. The van der Waals surface area contributed by atoms with Crippen molar-refractivity contribution in [3.05, 3.63) is 72.8 Å². The zero-order valence-corrected chi connectivity index (χ0v) is 42.3. The smallest absolute Gasteiger partial charge is 0.410 e. The first kappa shape index (κ1) is 52.8. The van der Waals surface area contributed by atoms with E-state index in [9.17, 15) is 19.5 Å². The molecule has 0 aliphatic carbocycles. The first-order valence-corrected chi connectivity index (χ1v) is 25.0. The highest BCUT2D eigenvalue weighted by molar-refractivity contribution is 7.13. The minimum atomic E-state index is -1.44. The number of hydrogen-bond donors (Lipinski definition) is 1. The number of carbonyl (C=O) groups is 4. The van der Waals surface area contributed by atoms with Gasteiger partial charge in [-0.3, -0.25) is 24.3 Å². The van der Waals surface area contributed by atoms with Crippen LogP contribution in [0.25, 0.3) is 10.6 Å². The molecule has 3 aromatic rings. The average molecular weight is 964 g/mol. The number of hydrogen-bond acceptors (Lipinski definition) is 15. The van der Waals surface area contributed by atoms with E-state index in [1.807, 2.05) is 74.8 Å². The molecule has 1 N–H and O–H groups in total. The summed E-state index contributed by atoms with van der Waals surface area (Å²) in [6, 6.07) is 8.07. The molecule has 3 aromatic heterocycles. The Morgan fingerprint density at radius 3 is 2.47 bits per heavy atom. The van der Waals surface area contributed by atoms with Crippen LogP contribution >= 0.6 is 11.3 Å². The summed E-state index contributed by atoms with van der Waals surface area (Å²) in [5.41, 5.74) is -1.38. The van der Waals surface area contributed by atoms with Crippen molar-refractivity contribution in [2.75, 3.05) is 27.2 Å². The molecule has 6 rings (SSSR count). The van der Waals surface area contributed by atoms with Gasteiger partial charge in [-0.1, -0.05) is 45.9 Å². The number of thiophene rings is 1. The van der Waals surface area contributed by atoms with Gasteiger partial charge in [-0.25, -0.2) is 9.78 Å². The van der Waals surface area contributed by atoms with E-state index in [2.05, 4.69) is 16.5 Å². The van der Waals surface area contributed by atoms with Crippen molar-refractivity contribution in [3.8, 4) is 10.6 Å². The lowest BCUT2D eigenvalue weighted by Gasteiger charge is -2.48. The third-order valence-electron chi connectivity index (χ3n) is 14.4. The van der Waals surface area contributed by atoms with E-state index < -0.39 is 89.7 Å². The number of aliphatic hydroxyl groups excluding tert-OH is 1. The second-order valence-electron chi connectivity index (χ2n) is 19.5. The van der Waals surface area contributed by atoms with Gasteiger partial charge in [-0.05, 0) is 90.4 Å². The highest BCUT2D eigenvalue weighted by atomic mass is 32.1. The number of fused-ring (bicyclic) bond motifs is 1. The summed E-state index contributed by atoms with van der Waals surface area (Å²) >= 11 is 1.62. The van der Waals surface area contributed by atoms with Crippen molar-refractivity contribution in [1.82, 2.24) is 24.3 Å². The number of aryl methyl sites for hydroxylation is 1. The number of ketones is 1. The molecule has 3 saturated heterocycles. The Balaban J connectivity index is 1.35. The van der Waals surface area contributed by atoms with Gasteiger partial charge in [0.05, 0.1) is 58.8 Å². The molecule has 0 aromatic carbocycles. The molecule has 0 spiro atoms. The average Bonchev–Trinajstić information content (AvgIpc) is 4.08. The number of cyclic esters (lactones) is 1. The van der Waals surface area contributed by atoms with Gasteiger partial charge in [0.1, 0.15) is 24.1 Å². The van der Waals surface area contributed by atoms with Crippen LogP contribution < -0.4 is 0 Å². The first-order valence-electron chi connectivity index (χ1n) is 24.1. The Morgan fingerprint density at radius 2 is 1.81 bits per heavy atom. The van der Waals surface area contributed by atoms with Gasteiger partial charge in [0.15, 0.2) is 11.9 Å².